The zero-order chi connectivity index (χ0) is 16.9. The Labute approximate surface area is 138 Å². The van der Waals surface area contributed by atoms with Crippen LogP contribution in [0.2, 0.25) is 0 Å². The van der Waals surface area contributed by atoms with Gasteiger partial charge in [-0.1, -0.05) is 6.07 Å². The summed E-state index contributed by atoms with van der Waals surface area (Å²) in [6, 6.07) is 9.80. The largest absolute Gasteiger partial charge is 0.461 e. The highest BCUT2D eigenvalue weighted by Crippen LogP contribution is 2.08. The fourth-order valence-electron chi connectivity index (χ4n) is 2.25. The van der Waals surface area contributed by atoms with Crippen molar-refractivity contribution < 1.29 is 14.0 Å². The van der Waals surface area contributed by atoms with Crippen LogP contribution < -0.4 is 5.32 Å². The van der Waals surface area contributed by atoms with Crippen LogP contribution in [0.3, 0.4) is 0 Å². The summed E-state index contributed by atoms with van der Waals surface area (Å²) in [5.74, 6) is 0.330. The van der Waals surface area contributed by atoms with E-state index in [1.165, 1.54) is 6.26 Å². The lowest BCUT2D eigenvalue weighted by Crippen LogP contribution is -2.34. The maximum Gasteiger partial charge on any atom is 0.270 e. The molecule has 0 radical (unpaired) electrons. The molecule has 0 spiro atoms. The number of hydrogen-bond donors (Lipinski definition) is 1. The average molecular weight is 324 g/mol. The van der Waals surface area contributed by atoms with Crippen molar-refractivity contribution in [3.8, 4) is 5.82 Å². The van der Waals surface area contributed by atoms with Gasteiger partial charge in [0.15, 0.2) is 17.4 Å². The first-order valence-electron chi connectivity index (χ1n) is 7.48. The molecule has 24 heavy (non-hydrogen) atoms. The monoisotopic (exact) mass is 324 g/mol. The van der Waals surface area contributed by atoms with E-state index in [0.717, 1.165) is 0 Å². The van der Waals surface area contributed by atoms with Gasteiger partial charge in [-0.05, 0) is 37.3 Å². The molecule has 3 aromatic rings. The van der Waals surface area contributed by atoms with E-state index in [1.54, 1.807) is 60.4 Å². The molecule has 122 valence electrons. The molecule has 0 aromatic carbocycles. The molecule has 0 aliphatic rings. The van der Waals surface area contributed by atoms with Crippen molar-refractivity contribution in [2.75, 3.05) is 0 Å². The number of nitrogens with one attached hydrogen (secondary N) is 1. The van der Waals surface area contributed by atoms with Crippen molar-refractivity contribution in [3.63, 3.8) is 0 Å². The van der Waals surface area contributed by atoms with E-state index in [1.807, 2.05) is 0 Å². The van der Waals surface area contributed by atoms with Gasteiger partial charge in [0.1, 0.15) is 5.69 Å². The molecule has 0 fully saturated rings. The molecule has 0 saturated carbocycles. The predicted octanol–water partition coefficient (Wildman–Crippen LogP) is 2.25. The lowest BCUT2D eigenvalue weighted by atomic mass is 10.1. The molecule has 0 aliphatic carbocycles. The van der Waals surface area contributed by atoms with Crippen LogP contribution in [-0.2, 0) is 0 Å². The molecule has 3 rings (SSSR count). The molecule has 7 nitrogen and oxygen atoms in total. The lowest BCUT2D eigenvalue weighted by molar-refractivity contribution is 0.0904. The highest BCUT2D eigenvalue weighted by atomic mass is 16.3. The number of furan rings is 1. The molecule has 1 atom stereocenters. The number of ketones is 1. The Morgan fingerprint density at radius 1 is 1.25 bits per heavy atom. The number of carbonyl (C=O) groups excluding carboxylic acids is 2. The first kappa shape index (κ1) is 15.7. The summed E-state index contributed by atoms with van der Waals surface area (Å²) in [4.78, 5) is 28.6. The first-order valence-corrected chi connectivity index (χ1v) is 7.48. The molecule has 0 bridgehead atoms. The van der Waals surface area contributed by atoms with Crippen LogP contribution in [0, 0.1) is 0 Å². The van der Waals surface area contributed by atoms with Gasteiger partial charge in [0.05, 0.1) is 6.26 Å². The van der Waals surface area contributed by atoms with E-state index in [4.69, 9.17) is 4.42 Å². The smallest absolute Gasteiger partial charge is 0.270 e. The molecular weight excluding hydrogens is 308 g/mol. The van der Waals surface area contributed by atoms with E-state index in [9.17, 15) is 9.59 Å². The molecule has 0 unspecified atom stereocenters. The second-order valence-corrected chi connectivity index (χ2v) is 5.31. The van der Waals surface area contributed by atoms with Crippen molar-refractivity contribution >= 4 is 11.7 Å². The van der Waals surface area contributed by atoms with E-state index in [0.29, 0.717) is 5.82 Å². The summed E-state index contributed by atoms with van der Waals surface area (Å²) < 4.78 is 6.63. The number of aromatic nitrogens is 3. The number of amides is 1. The second-order valence-electron chi connectivity index (χ2n) is 5.31. The Hall–Kier alpha value is -3.22. The maximum absolute atomic E-state index is 12.3. The Morgan fingerprint density at radius 3 is 2.83 bits per heavy atom. The third-order valence-corrected chi connectivity index (χ3v) is 3.37. The Morgan fingerprint density at radius 2 is 2.12 bits per heavy atom. The van der Waals surface area contributed by atoms with Crippen LogP contribution in [0.1, 0.15) is 34.4 Å². The minimum atomic E-state index is -0.344. The fourth-order valence-corrected chi connectivity index (χ4v) is 2.25. The number of nitrogens with zero attached hydrogens (tertiary/aromatic N) is 3. The number of carbonyl (C=O) groups is 2. The third kappa shape index (κ3) is 3.57. The summed E-state index contributed by atoms with van der Waals surface area (Å²) in [5.41, 5.74) is 0.264. The van der Waals surface area contributed by atoms with Gasteiger partial charge < -0.3 is 9.73 Å². The second kappa shape index (κ2) is 6.91. The molecule has 1 N–H and O–H groups in total. The SMILES string of the molecule is C[C@H](CC(=O)c1ccco1)NC(=O)c1cccc(-n2cccn2)n1. The highest BCUT2D eigenvalue weighted by molar-refractivity contribution is 5.95. The lowest BCUT2D eigenvalue weighted by Gasteiger charge is -2.12. The Kier molecular flexibility index (Phi) is 4.51. The van der Waals surface area contributed by atoms with Crippen molar-refractivity contribution in [2.45, 2.75) is 19.4 Å². The van der Waals surface area contributed by atoms with Crippen LogP contribution in [0.15, 0.2) is 59.5 Å². The van der Waals surface area contributed by atoms with Crippen molar-refractivity contribution in [1.82, 2.24) is 20.1 Å². The maximum atomic E-state index is 12.3. The van der Waals surface area contributed by atoms with Crippen LogP contribution >= 0.6 is 0 Å². The normalized spacial score (nSPS) is 11.9. The highest BCUT2D eigenvalue weighted by Gasteiger charge is 2.17. The van der Waals surface area contributed by atoms with Gasteiger partial charge in [-0.3, -0.25) is 9.59 Å². The van der Waals surface area contributed by atoms with Gasteiger partial charge in [0, 0.05) is 24.9 Å². The molecular formula is C17H16N4O3. The Balaban J connectivity index is 1.64. The van der Waals surface area contributed by atoms with Crippen molar-refractivity contribution in [1.29, 1.82) is 0 Å². The van der Waals surface area contributed by atoms with E-state index in [2.05, 4.69) is 15.4 Å². The van der Waals surface area contributed by atoms with E-state index < -0.39 is 0 Å². The Bertz CT molecular complexity index is 825. The number of hydrogen-bond acceptors (Lipinski definition) is 5. The molecule has 1 amide bonds. The standard InChI is InChI=1S/C17H16N4O3/c1-12(11-14(22)15-6-3-10-24-15)19-17(23)13-5-2-7-16(20-13)21-9-4-8-18-21/h2-10,12H,11H2,1H3,(H,19,23)/t12-/m1/s1. The molecule has 7 heteroatoms. The van der Waals surface area contributed by atoms with Crippen LogP contribution in [0.5, 0.6) is 0 Å². The first-order chi connectivity index (χ1) is 11.6. The summed E-state index contributed by atoms with van der Waals surface area (Å²) in [6.07, 6.45) is 4.98. The van der Waals surface area contributed by atoms with Crippen molar-refractivity contribution in [3.05, 3.63) is 66.5 Å². The minimum Gasteiger partial charge on any atom is -0.461 e. The van der Waals surface area contributed by atoms with Gasteiger partial charge in [0.2, 0.25) is 0 Å². The zero-order valence-electron chi connectivity index (χ0n) is 13.0. The van der Waals surface area contributed by atoms with Gasteiger partial charge in [-0.25, -0.2) is 9.67 Å². The minimum absolute atomic E-state index is 0.151. The zero-order valence-corrected chi connectivity index (χ0v) is 13.0. The summed E-state index contributed by atoms with van der Waals surface area (Å²) >= 11 is 0. The van der Waals surface area contributed by atoms with Gasteiger partial charge >= 0.3 is 0 Å². The summed E-state index contributed by atoms with van der Waals surface area (Å²) in [6.45, 7) is 1.76. The number of rotatable bonds is 6. The predicted molar refractivity (Wildman–Crippen MR) is 85.9 cm³/mol. The van der Waals surface area contributed by atoms with Crippen LogP contribution in [0.4, 0.5) is 0 Å². The van der Waals surface area contributed by atoms with Gasteiger partial charge in [0.25, 0.3) is 5.91 Å². The van der Waals surface area contributed by atoms with Gasteiger partial charge in [-0.15, -0.1) is 0 Å². The third-order valence-electron chi connectivity index (χ3n) is 3.37. The van der Waals surface area contributed by atoms with Crippen LogP contribution in [-0.4, -0.2) is 32.5 Å². The quantitative estimate of drug-likeness (QED) is 0.702. The van der Waals surface area contributed by atoms with Gasteiger partial charge in [-0.2, -0.15) is 5.10 Å². The van der Waals surface area contributed by atoms with E-state index in [-0.39, 0.29) is 35.6 Å². The molecule has 3 heterocycles. The number of Topliss-reactive ketones (excluding diaryl/α,β-unsaturated/α-hetero) is 1. The van der Waals surface area contributed by atoms with Crippen molar-refractivity contribution in [2.24, 2.45) is 0 Å². The topological polar surface area (TPSA) is 90.0 Å². The molecule has 0 aliphatic heterocycles. The summed E-state index contributed by atoms with van der Waals surface area (Å²) in [7, 11) is 0. The fraction of sp³-hybridized carbons (Fsp3) is 0.176. The van der Waals surface area contributed by atoms with E-state index >= 15 is 0 Å². The summed E-state index contributed by atoms with van der Waals surface area (Å²) in [5, 5.41) is 6.85. The molecule has 3 aromatic heterocycles. The molecule has 0 saturated heterocycles. The average Bonchev–Trinajstić information content (AvgIpc) is 3.28. The number of pyridine rings is 1. The van der Waals surface area contributed by atoms with Crippen LogP contribution in [0.25, 0.3) is 5.82 Å².